The van der Waals surface area contributed by atoms with Crippen molar-refractivity contribution in [2.75, 3.05) is 5.32 Å². The molecular formula is C19H12F2N4. The second-order valence-corrected chi connectivity index (χ2v) is 5.41. The second kappa shape index (κ2) is 6.24. The molecule has 1 aromatic carbocycles. The summed E-state index contributed by atoms with van der Waals surface area (Å²) < 4.78 is 27.7. The van der Waals surface area contributed by atoms with Crippen LogP contribution in [-0.2, 0) is 0 Å². The Morgan fingerprint density at radius 1 is 0.880 bits per heavy atom. The third kappa shape index (κ3) is 3.01. The number of hydrogen-bond acceptors (Lipinski definition) is 4. The van der Waals surface area contributed by atoms with Gasteiger partial charge in [0.05, 0.1) is 11.4 Å². The first-order valence-electron chi connectivity index (χ1n) is 7.59. The van der Waals surface area contributed by atoms with E-state index in [4.69, 9.17) is 0 Å². The van der Waals surface area contributed by atoms with Gasteiger partial charge in [-0.15, -0.1) is 0 Å². The van der Waals surface area contributed by atoms with Crippen LogP contribution in [0.1, 0.15) is 0 Å². The zero-order valence-corrected chi connectivity index (χ0v) is 12.9. The Labute approximate surface area is 142 Å². The normalized spacial score (nSPS) is 10.8. The highest BCUT2D eigenvalue weighted by atomic mass is 19.1. The predicted molar refractivity (Wildman–Crippen MR) is 92.4 cm³/mol. The van der Waals surface area contributed by atoms with Crippen LogP contribution in [0.25, 0.3) is 22.3 Å². The molecule has 0 aliphatic heterocycles. The van der Waals surface area contributed by atoms with E-state index in [1.54, 1.807) is 30.7 Å². The number of aromatic nitrogens is 3. The summed E-state index contributed by atoms with van der Waals surface area (Å²) in [6, 6.07) is 12.3. The van der Waals surface area contributed by atoms with Gasteiger partial charge in [-0.25, -0.2) is 18.7 Å². The highest BCUT2D eigenvalue weighted by molar-refractivity contribution is 5.93. The minimum Gasteiger partial charge on any atom is -0.355 e. The molecule has 0 aliphatic rings. The zero-order chi connectivity index (χ0) is 17.2. The van der Waals surface area contributed by atoms with E-state index in [2.05, 4.69) is 20.3 Å². The van der Waals surface area contributed by atoms with E-state index in [1.807, 2.05) is 18.2 Å². The van der Waals surface area contributed by atoms with E-state index in [0.717, 1.165) is 29.3 Å². The summed E-state index contributed by atoms with van der Waals surface area (Å²) in [5, 5.41) is 4.03. The summed E-state index contributed by atoms with van der Waals surface area (Å²) in [7, 11) is 0. The van der Waals surface area contributed by atoms with Crippen molar-refractivity contribution in [2.45, 2.75) is 0 Å². The minimum atomic E-state index is -0.543. The lowest BCUT2D eigenvalue weighted by Gasteiger charge is -2.12. The van der Waals surface area contributed by atoms with Crippen molar-refractivity contribution in [3.05, 3.63) is 78.8 Å². The molecule has 3 aromatic heterocycles. The number of fused-ring (bicyclic) bond motifs is 1. The van der Waals surface area contributed by atoms with Crippen LogP contribution < -0.4 is 5.32 Å². The summed E-state index contributed by atoms with van der Waals surface area (Å²) in [4.78, 5) is 12.6. The molecule has 25 heavy (non-hydrogen) atoms. The highest BCUT2D eigenvalue weighted by Crippen LogP contribution is 2.30. The molecule has 4 rings (SSSR count). The molecule has 6 heteroatoms. The Kier molecular flexibility index (Phi) is 3.78. The first-order chi connectivity index (χ1) is 12.2. The van der Waals surface area contributed by atoms with Crippen molar-refractivity contribution < 1.29 is 8.78 Å². The summed E-state index contributed by atoms with van der Waals surface area (Å²) in [6.45, 7) is 0. The number of pyridine rings is 3. The summed E-state index contributed by atoms with van der Waals surface area (Å²) in [6.07, 6.45) is 4.94. The van der Waals surface area contributed by atoms with Gasteiger partial charge in [-0.05, 0) is 48.5 Å². The minimum absolute atomic E-state index is 0.0883. The Bertz CT molecular complexity index is 1050. The quantitative estimate of drug-likeness (QED) is 0.589. The van der Waals surface area contributed by atoms with Crippen LogP contribution in [0, 0.1) is 11.6 Å². The van der Waals surface area contributed by atoms with Crippen LogP contribution in [0.3, 0.4) is 0 Å². The topological polar surface area (TPSA) is 50.7 Å². The van der Waals surface area contributed by atoms with Crippen LogP contribution in [-0.4, -0.2) is 15.0 Å². The van der Waals surface area contributed by atoms with Gasteiger partial charge in [0, 0.05) is 35.2 Å². The summed E-state index contributed by atoms with van der Waals surface area (Å²) in [5.41, 5.74) is 2.35. The molecule has 0 saturated heterocycles. The molecule has 0 bridgehead atoms. The molecule has 3 heterocycles. The Morgan fingerprint density at radius 3 is 2.56 bits per heavy atom. The fourth-order valence-electron chi connectivity index (χ4n) is 2.58. The third-order valence-electron chi connectivity index (χ3n) is 3.75. The van der Waals surface area contributed by atoms with Gasteiger partial charge in [-0.2, -0.15) is 0 Å². The maximum Gasteiger partial charge on any atom is 0.161 e. The average molecular weight is 334 g/mol. The number of anilines is 2. The van der Waals surface area contributed by atoms with Gasteiger partial charge in [-0.1, -0.05) is 0 Å². The fourth-order valence-corrected chi connectivity index (χ4v) is 2.58. The molecule has 0 fully saturated rings. The number of halogens is 2. The van der Waals surface area contributed by atoms with Crippen molar-refractivity contribution in [1.82, 2.24) is 15.0 Å². The molecule has 0 atom stereocenters. The summed E-state index contributed by atoms with van der Waals surface area (Å²) in [5.74, 6) is -1.07. The van der Waals surface area contributed by atoms with Crippen molar-refractivity contribution in [3.63, 3.8) is 0 Å². The SMILES string of the molecule is Fc1ccc(F)c(-c2cc(Nc3ccncc3)c3cccnc3n2)c1. The monoisotopic (exact) mass is 334 g/mol. The van der Waals surface area contributed by atoms with Gasteiger partial charge in [-0.3, -0.25) is 4.98 Å². The molecular weight excluding hydrogens is 322 g/mol. The van der Waals surface area contributed by atoms with E-state index in [9.17, 15) is 8.78 Å². The third-order valence-corrected chi connectivity index (χ3v) is 3.75. The maximum absolute atomic E-state index is 14.2. The van der Waals surface area contributed by atoms with E-state index < -0.39 is 11.6 Å². The van der Waals surface area contributed by atoms with E-state index in [-0.39, 0.29) is 5.56 Å². The van der Waals surface area contributed by atoms with Crippen LogP contribution in [0.2, 0.25) is 0 Å². The van der Waals surface area contributed by atoms with Crippen molar-refractivity contribution in [1.29, 1.82) is 0 Å². The second-order valence-electron chi connectivity index (χ2n) is 5.41. The molecule has 122 valence electrons. The van der Waals surface area contributed by atoms with E-state index >= 15 is 0 Å². The standard InChI is InChI=1S/C19H12F2N4/c20-12-3-4-16(21)15(10-12)18-11-17(24-13-5-8-22-9-6-13)14-2-1-7-23-19(14)25-18/h1-11H,(H,22,23,24,25). The summed E-state index contributed by atoms with van der Waals surface area (Å²) >= 11 is 0. The number of rotatable bonds is 3. The van der Waals surface area contributed by atoms with Crippen LogP contribution in [0.4, 0.5) is 20.2 Å². The van der Waals surface area contributed by atoms with Gasteiger partial charge >= 0.3 is 0 Å². The molecule has 0 amide bonds. The molecule has 0 aliphatic carbocycles. The predicted octanol–water partition coefficient (Wildman–Crippen LogP) is 4.71. The number of nitrogens with one attached hydrogen (secondary N) is 1. The van der Waals surface area contributed by atoms with Crippen molar-refractivity contribution >= 4 is 22.4 Å². The number of benzene rings is 1. The van der Waals surface area contributed by atoms with Crippen LogP contribution >= 0.6 is 0 Å². The molecule has 0 unspecified atom stereocenters. The molecule has 4 aromatic rings. The van der Waals surface area contributed by atoms with E-state index in [0.29, 0.717) is 17.0 Å². The lowest BCUT2D eigenvalue weighted by Crippen LogP contribution is -1.97. The highest BCUT2D eigenvalue weighted by Gasteiger charge is 2.13. The number of hydrogen-bond donors (Lipinski definition) is 1. The van der Waals surface area contributed by atoms with Crippen molar-refractivity contribution in [3.8, 4) is 11.3 Å². The molecule has 0 spiro atoms. The first-order valence-corrected chi connectivity index (χ1v) is 7.59. The van der Waals surface area contributed by atoms with E-state index in [1.165, 1.54) is 0 Å². The first kappa shape index (κ1) is 15.1. The average Bonchev–Trinajstić information content (AvgIpc) is 2.64. The number of nitrogens with zero attached hydrogens (tertiary/aromatic N) is 3. The van der Waals surface area contributed by atoms with Gasteiger partial charge in [0.2, 0.25) is 0 Å². The van der Waals surface area contributed by atoms with Gasteiger partial charge in [0.25, 0.3) is 0 Å². The smallest absolute Gasteiger partial charge is 0.161 e. The van der Waals surface area contributed by atoms with Crippen molar-refractivity contribution in [2.24, 2.45) is 0 Å². The lowest BCUT2D eigenvalue weighted by atomic mass is 10.1. The van der Waals surface area contributed by atoms with Crippen LogP contribution in [0.5, 0.6) is 0 Å². The Balaban J connectivity index is 1.91. The Hall–Kier alpha value is -3.41. The maximum atomic E-state index is 14.2. The van der Waals surface area contributed by atoms with Gasteiger partial charge < -0.3 is 5.32 Å². The zero-order valence-electron chi connectivity index (χ0n) is 12.9. The van der Waals surface area contributed by atoms with Gasteiger partial charge in [0.1, 0.15) is 11.6 Å². The Morgan fingerprint density at radius 2 is 1.72 bits per heavy atom. The van der Waals surface area contributed by atoms with Crippen LogP contribution in [0.15, 0.2) is 67.1 Å². The lowest BCUT2D eigenvalue weighted by molar-refractivity contribution is 0.602. The molecule has 0 radical (unpaired) electrons. The largest absolute Gasteiger partial charge is 0.355 e. The van der Waals surface area contributed by atoms with Gasteiger partial charge in [0.15, 0.2) is 5.65 Å². The molecule has 0 saturated carbocycles. The fraction of sp³-hybridized carbons (Fsp3) is 0. The molecule has 4 nitrogen and oxygen atoms in total. The molecule has 1 N–H and O–H groups in total.